The van der Waals surface area contributed by atoms with Crippen molar-refractivity contribution in [3.05, 3.63) is 15.5 Å². The molecule has 0 amide bonds. The van der Waals surface area contributed by atoms with Crippen molar-refractivity contribution >= 4 is 22.6 Å². The fourth-order valence-corrected chi connectivity index (χ4v) is 1.15. The fourth-order valence-electron chi connectivity index (χ4n) is 0.618. The first-order valence-electron chi connectivity index (χ1n) is 2.72. The standard InChI is InChI=1S/C5H8IN3/c6-4-3-8-9-5(4)1-2-7/h3H,1-2,7H2,(H,8,9). The van der Waals surface area contributed by atoms with Crippen molar-refractivity contribution in [1.29, 1.82) is 0 Å². The Balaban J connectivity index is 2.69. The first-order valence-corrected chi connectivity index (χ1v) is 3.80. The molecule has 50 valence electrons. The number of nitrogens with one attached hydrogen (secondary N) is 1. The molecule has 0 saturated heterocycles. The highest BCUT2D eigenvalue weighted by Gasteiger charge is 1.97. The van der Waals surface area contributed by atoms with Gasteiger partial charge in [0.15, 0.2) is 0 Å². The molecule has 1 aromatic rings. The molecule has 3 N–H and O–H groups in total. The van der Waals surface area contributed by atoms with Crippen LogP contribution in [0.4, 0.5) is 0 Å². The van der Waals surface area contributed by atoms with Crippen LogP contribution in [0.3, 0.4) is 0 Å². The topological polar surface area (TPSA) is 54.7 Å². The maximum absolute atomic E-state index is 5.34. The van der Waals surface area contributed by atoms with Crippen LogP contribution >= 0.6 is 22.6 Å². The molecule has 0 saturated carbocycles. The van der Waals surface area contributed by atoms with Gasteiger partial charge in [-0.15, -0.1) is 0 Å². The Morgan fingerprint density at radius 3 is 3.00 bits per heavy atom. The van der Waals surface area contributed by atoms with Crippen molar-refractivity contribution in [3.63, 3.8) is 0 Å². The predicted molar refractivity (Wildman–Crippen MR) is 44.1 cm³/mol. The van der Waals surface area contributed by atoms with E-state index in [2.05, 4.69) is 32.8 Å². The van der Waals surface area contributed by atoms with E-state index in [1.165, 1.54) is 0 Å². The van der Waals surface area contributed by atoms with Crippen LogP contribution in [0, 0.1) is 3.57 Å². The molecule has 4 heteroatoms. The van der Waals surface area contributed by atoms with Gasteiger partial charge in [-0.25, -0.2) is 0 Å². The summed E-state index contributed by atoms with van der Waals surface area (Å²) in [6.07, 6.45) is 2.68. The molecular formula is C5H8IN3. The summed E-state index contributed by atoms with van der Waals surface area (Å²) >= 11 is 2.23. The zero-order valence-corrected chi connectivity index (χ0v) is 7.05. The summed E-state index contributed by atoms with van der Waals surface area (Å²) in [5, 5.41) is 6.72. The Bertz CT molecular complexity index is 184. The zero-order chi connectivity index (χ0) is 6.69. The van der Waals surface area contributed by atoms with E-state index in [0.717, 1.165) is 15.7 Å². The number of hydrogen-bond acceptors (Lipinski definition) is 2. The second-order valence-corrected chi connectivity index (χ2v) is 2.90. The fraction of sp³-hybridized carbons (Fsp3) is 0.400. The smallest absolute Gasteiger partial charge is 0.0624 e. The van der Waals surface area contributed by atoms with E-state index in [1.54, 1.807) is 6.20 Å². The van der Waals surface area contributed by atoms with Gasteiger partial charge in [0.05, 0.1) is 9.77 Å². The molecule has 3 nitrogen and oxygen atoms in total. The number of hydrogen-bond donors (Lipinski definition) is 2. The van der Waals surface area contributed by atoms with Gasteiger partial charge in [-0.1, -0.05) is 0 Å². The summed E-state index contributed by atoms with van der Waals surface area (Å²) in [5.41, 5.74) is 6.47. The molecule has 0 bridgehead atoms. The van der Waals surface area contributed by atoms with Gasteiger partial charge in [0, 0.05) is 12.1 Å². The van der Waals surface area contributed by atoms with Gasteiger partial charge >= 0.3 is 0 Å². The van der Waals surface area contributed by atoms with Crippen LogP contribution in [0.1, 0.15) is 5.69 Å². The van der Waals surface area contributed by atoms with Gasteiger partial charge in [0.2, 0.25) is 0 Å². The van der Waals surface area contributed by atoms with E-state index in [1.807, 2.05) is 0 Å². The van der Waals surface area contributed by atoms with Crippen LogP contribution in [0.25, 0.3) is 0 Å². The van der Waals surface area contributed by atoms with Crippen LogP contribution < -0.4 is 5.73 Å². The lowest BCUT2D eigenvalue weighted by Gasteiger charge is -1.90. The summed E-state index contributed by atoms with van der Waals surface area (Å²) in [6.45, 7) is 0.679. The largest absolute Gasteiger partial charge is 0.330 e. The lowest BCUT2D eigenvalue weighted by molar-refractivity contribution is 0.898. The Labute approximate surface area is 67.2 Å². The SMILES string of the molecule is NCCc1[nH]ncc1I. The first kappa shape index (κ1) is 7.01. The van der Waals surface area contributed by atoms with E-state index < -0.39 is 0 Å². The van der Waals surface area contributed by atoms with Crippen LogP contribution in [-0.2, 0) is 6.42 Å². The average Bonchev–Trinajstić information content (AvgIpc) is 2.18. The van der Waals surface area contributed by atoms with Crippen molar-refractivity contribution in [2.45, 2.75) is 6.42 Å². The first-order chi connectivity index (χ1) is 4.34. The van der Waals surface area contributed by atoms with Gasteiger partial charge in [-0.2, -0.15) is 5.10 Å². The number of H-pyrrole nitrogens is 1. The maximum atomic E-state index is 5.34. The molecule has 0 atom stereocenters. The third kappa shape index (κ3) is 1.65. The van der Waals surface area contributed by atoms with Crippen LogP contribution in [0.5, 0.6) is 0 Å². The third-order valence-electron chi connectivity index (χ3n) is 1.06. The van der Waals surface area contributed by atoms with E-state index in [4.69, 9.17) is 5.73 Å². The molecule has 0 aliphatic rings. The normalized spacial score (nSPS) is 10.0. The van der Waals surface area contributed by atoms with Gasteiger partial charge in [0.1, 0.15) is 0 Å². The van der Waals surface area contributed by atoms with E-state index in [-0.39, 0.29) is 0 Å². The summed E-state index contributed by atoms with van der Waals surface area (Å²) < 4.78 is 1.16. The van der Waals surface area contributed by atoms with E-state index >= 15 is 0 Å². The summed E-state index contributed by atoms with van der Waals surface area (Å²) in [5.74, 6) is 0. The quantitative estimate of drug-likeness (QED) is 0.736. The van der Waals surface area contributed by atoms with Gasteiger partial charge in [-0.3, -0.25) is 5.10 Å². The predicted octanol–water partition coefficient (Wildman–Crippen LogP) is 0.515. The Hall–Kier alpha value is -0.100. The van der Waals surface area contributed by atoms with Crippen LogP contribution in [0.2, 0.25) is 0 Å². The molecule has 0 spiro atoms. The average molecular weight is 237 g/mol. The van der Waals surface area contributed by atoms with Gasteiger partial charge < -0.3 is 5.73 Å². The summed E-state index contributed by atoms with van der Waals surface area (Å²) in [6, 6.07) is 0. The zero-order valence-electron chi connectivity index (χ0n) is 4.89. The Morgan fingerprint density at radius 1 is 1.78 bits per heavy atom. The van der Waals surface area contributed by atoms with Crippen molar-refractivity contribution in [1.82, 2.24) is 10.2 Å². The lowest BCUT2D eigenvalue weighted by atomic mass is 10.3. The molecule has 0 unspecified atom stereocenters. The third-order valence-corrected chi connectivity index (χ3v) is 1.99. The minimum absolute atomic E-state index is 0.679. The van der Waals surface area contributed by atoms with Crippen molar-refractivity contribution in [2.75, 3.05) is 6.54 Å². The van der Waals surface area contributed by atoms with Crippen LogP contribution in [-0.4, -0.2) is 16.7 Å². The number of rotatable bonds is 2. The van der Waals surface area contributed by atoms with Crippen molar-refractivity contribution < 1.29 is 0 Å². The minimum atomic E-state index is 0.679. The number of aromatic nitrogens is 2. The second kappa shape index (κ2) is 3.17. The van der Waals surface area contributed by atoms with E-state index in [0.29, 0.717) is 6.54 Å². The highest BCUT2D eigenvalue weighted by Crippen LogP contribution is 2.06. The van der Waals surface area contributed by atoms with Crippen molar-refractivity contribution in [3.8, 4) is 0 Å². The monoisotopic (exact) mass is 237 g/mol. The highest BCUT2D eigenvalue weighted by molar-refractivity contribution is 14.1. The number of aromatic amines is 1. The molecular weight excluding hydrogens is 229 g/mol. The second-order valence-electron chi connectivity index (χ2n) is 1.74. The molecule has 1 rings (SSSR count). The molecule has 0 radical (unpaired) electrons. The molecule has 0 aromatic carbocycles. The van der Waals surface area contributed by atoms with Crippen LogP contribution in [0.15, 0.2) is 6.20 Å². The van der Waals surface area contributed by atoms with Crippen molar-refractivity contribution in [2.24, 2.45) is 5.73 Å². The summed E-state index contributed by atoms with van der Waals surface area (Å²) in [7, 11) is 0. The minimum Gasteiger partial charge on any atom is -0.330 e. The molecule has 1 aromatic heterocycles. The molecule has 1 heterocycles. The molecule has 0 aliphatic heterocycles. The maximum Gasteiger partial charge on any atom is 0.0624 e. The molecule has 0 fully saturated rings. The Morgan fingerprint density at radius 2 is 2.56 bits per heavy atom. The molecule has 9 heavy (non-hydrogen) atoms. The highest BCUT2D eigenvalue weighted by atomic mass is 127. The van der Waals surface area contributed by atoms with Gasteiger partial charge in [0.25, 0.3) is 0 Å². The number of halogens is 1. The van der Waals surface area contributed by atoms with E-state index in [9.17, 15) is 0 Å². The van der Waals surface area contributed by atoms with Gasteiger partial charge in [-0.05, 0) is 29.1 Å². The number of nitrogens with zero attached hydrogens (tertiary/aromatic N) is 1. The molecule has 0 aliphatic carbocycles. The Kier molecular flexibility index (Phi) is 2.47. The lowest BCUT2D eigenvalue weighted by Crippen LogP contribution is -2.03. The number of nitrogens with two attached hydrogens (primary N) is 1. The summed E-state index contributed by atoms with van der Waals surface area (Å²) in [4.78, 5) is 0.